The third kappa shape index (κ3) is 2.39. The van der Waals surface area contributed by atoms with E-state index in [0.29, 0.717) is 10.4 Å². The predicted octanol–water partition coefficient (Wildman–Crippen LogP) is 3.20. The number of nitrogens with zero attached hydrogens (tertiary/aromatic N) is 1. The number of benzene rings is 1. The molecule has 0 saturated carbocycles. The summed E-state index contributed by atoms with van der Waals surface area (Å²) in [5.41, 5.74) is 0.460. The standard InChI is InChI=1S/C12H9NO3S/c1-8-2-7-11(17-8)12(14)9-3-5-10(6-4-9)13(15)16/h2-7H,1H3. The zero-order valence-electron chi connectivity index (χ0n) is 9.04. The van der Waals surface area contributed by atoms with Gasteiger partial charge >= 0.3 is 0 Å². The first-order valence-corrected chi connectivity index (χ1v) is 5.75. The van der Waals surface area contributed by atoms with E-state index in [9.17, 15) is 14.9 Å². The molecule has 1 aromatic carbocycles. The van der Waals surface area contributed by atoms with Crippen LogP contribution >= 0.6 is 11.3 Å². The van der Waals surface area contributed by atoms with Crippen molar-refractivity contribution in [2.24, 2.45) is 0 Å². The first kappa shape index (κ1) is 11.5. The summed E-state index contributed by atoms with van der Waals surface area (Å²) in [6.45, 7) is 1.93. The number of carbonyl (C=O) groups excluding carboxylic acids is 1. The minimum Gasteiger partial charge on any atom is -0.288 e. The molecule has 5 heteroatoms. The quantitative estimate of drug-likeness (QED) is 0.475. The van der Waals surface area contributed by atoms with Gasteiger partial charge in [0.25, 0.3) is 5.69 Å². The van der Waals surface area contributed by atoms with Crippen LogP contribution < -0.4 is 0 Å². The molecular weight excluding hydrogens is 238 g/mol. The molecule has 0 saturated heterocycles. The van der Waals surface area contributed by atoms with E-state index >= 15 is 0 Å². The summed E-state index contributed by atoms with van der Waals surface area (Å²) in [6.07, 6.45) is 0. The Morgan fingerprint density at radius 2 is 1.82 bits per heavy atom. The van der Waals surface area contributed by atoms with Crippen LogP contribution in [0.25, 0.3) is 0 Å². The zero-order chi connectivity index (χ0) is 12.4. The van der Waals surface area contributed by atoms with Crippen molar-refractivity contribution in [3.63, 3.8) is 0 Å². The van der Waals surface area contributed by atoms with E-state index < -0.39 is 4.92 Å². The number of rotatable bonds is 3. The molecule has 86 valence electrons. The van der Waals surface area contributed by atoms with Gasteiger partial charge in [-0.15, -0.1) is 11.3 Å². The second-order valence-corrected chi connectivity index (χ2v) is 4.83. The maximum atomic E-state index is 12.0. The molecular formula is C12H9NO3S. The van der Waals surface area contributed by atoms with Crippen molar-refractivity contribution in [1.82, 2.24) is 0 Å². The van der Waals surface area contributed by atoms with Gasteiger partial charge in [0.1, 0.15) is 0 Å². The van der Waals surface area contributed by atoms with Crippen molar-refractivity contribution >= 4 is 22.8 Å². The van der Waals surface area contributed by atoms with E-state index in [1.165, 1.54) is 35.6 Å². The summed E-state index contributed by atoms with van der Waals surface area (Å²) >= 11 is 1.42. The molecule has 0 atom stereocenters. The van der Waals surface area contributed by atoms with Crippen LogP contribution in [-0.2, 0) is 0 Å². The minimum atomic E-state index is -0.483. The minimum absolute atomic E-state index is 0.0103. The van der Waals surface area contributed by atoms with E-state index in [1.54, 1.807) is 6.07 Å². The van der Waals surface area contributed by atoms with Gasteiger partial charge in [0.15, 0.2) is 0 Å². The lowest BCUT2D eigenvalue weighted by Gasteiger charge is -1.97. The SMILES string of the molecule is Cc1ccc(C(=O)c2ccc([N+](=O)[O-])cc2)s1. The summed E-state index contributed by atoms with van der Waals surface area (Å²) in [5, 5.41) is 10.5. The van der Waals surface area contributed by atoms with E-state index in [-0.39, 0.29) is 11.5 Å². The van der Waals surface area contributed by atoms with Gasteiger partial charge in [0.05, 0.1) is 9.80 Å². The van der Waals surface area contributed by atoms with Crippen molar-refractivity contribution < 1.29 is 9.72 Å². The highest BCUT2D eigenvalue weighted by Crippen LogP contribution is 2.20. The average Bonchev–Trinajstić information content (AvgIpc) is 2.75. The Labute approximate surface area is 102 Å². The third-order valence-corrected chi connectivity index (χ3v) is 3.30. The highest BCUT2D eigenvalue weighted by atomic mass is 32.1. The van der Waals surface area contributed by atoms with Crippen LogP contribution in [0.4, 0.5) is 5.69 Å². The van der Waals surface area contributed by atoms with Crippen molar-refractivity contribution in [2.75, 3.05) is 0 Å². The highest BCUT2D eigenvalue weighted by Gasteiger charge is 2.12. The summed E-state index contributed by atoms with van der Waals surface area (Å²) in [4.78, 5) is 23.7. The molecule has 2 rings (SSSR count). The Kier molecular flexibility index (Phi) is 3.01. The van der Waals surface area contributed by atoms with Gasteiger partial charge < -0.3 is 0 Å². The lowest BCUT2D eigenvalue weighted by Crippen LogP contribution is -1.98. The van der Waals surface area contributed by atoms with E-state index in [4.69, 9.17) is 0 Å². The third-order valence-electron chi connectivity index (χ3n) is 2.30. The van der Waals surface area contributed by atoms with Gasteiger partial charge in [-0.3, -0.25) is 14.9 Å². The fourth-order valence-electron chi connectivity index (χ4n) is 1.43. The zero-order valence-corrected chi connectivity index (χ0v) is 9.86. The molecule has 0 bridgehead atoms. The van der Waals surface area contributed by atoms with Crippen LogP contribution in [0.2, 0.25) is 0 Å². The molecule has 0 fully saturated rings. The number of ketones is 1. The number of hydrogen-bond donors (Lipinski definition) is 0. The molecule has 0 unspecified atom stereocenters. The second kappa shape index (κ2) is 4.47. The lowest BCUT2D eigenvalue weighted by molar-refractivity contribution is -0.384. The first-order chi connectivity index (χ1) is 8.08. The number of carbonyl (C=O) groups is 1. The highest BCUT2D eigenvalue weighted by molar-refractivity contribution is 7.14. The van der Waals surface area contributed by atoms with Gasteiger partial charge in [-0.1, -0.05) is 0 Å². The summed E-state index contributed by atoms with van der Waals surface area (Å²) < 4.78 is 0. The molecule has 1 aromatic heterocycles. The number of nitro groups is 1. The van der Waals surface area contributed by atoms with Crippen LogP contribution in [0.3, 0.4) is 0 Å². The molecule has 17 heavy (non-hydrogen) atoms. The van der Waals surface area contributed by atoms with Crippen LogP contribution in [-0.4, -0.2) is 10.7 Å². The molecule has 4 nitrogen and oxygen atoms in total. The Hall–Kier alpha value is -2.01. The van der Waals surface area contributed by atoms with Crippen LogP contribution in [0.15, 0.2) is 36.4 Å². The van der Waals surface area contributed by atoms with Crippen LogP contribution in [0.1, 0.15) is 20.1 Å². The molecule has 1 heterocycles. The van der Waals surface area contributed by atoms with Crippen molar-refractivity contribution in [3.8, 4) is 0 Å². The summed E-state index contributed by atoms with van der Waals surface area (Å²) in [5.74, 6) is -0.0991. The molecule has 0 aliphatic rings. The molecule has 0 aliphatic carbocycles. The normalized spacial score (nSPS) is 10.2. The Morgan fingerprint density at radius 3 is 2.29 bits per heavy atom. The predicted molar refractivity (Wildman–Crippen MR) is 65.6 cm³/mol. The van der Waals surface area contributed by atoms with Gasteiger partial charge in [0, 0.05) is 22.6 Å². The van der Waals surface area contributed by atoms with Crippen LogP contribution in [0, 0.1) is 17.0 Å². The first-order valence-electron chi connectivity index (χ1n) is 4.93. The summed E-state index contributed by atoms with van der Waals surface area (Å²) in [6, 6.07) is 9.29. The number of thiophene rings is 1. The van der Waals surface area contributed by atoms with Crippen molar-refractivity contribution in [3.05, 3.63) is 61.8 Å². The van der Waals surface area contributed by atoms with Crippen LogP contribution in [0.5, 0.6) is 0 Å². The fraction of sp³-hybridized carbons (Fsp3) is 0.0833. The van der Waals surface area contributed by atoms with Gasteiger partial charge in [-0.25, -0.2) is 0 Å². The molecule has 0 N–H and O–H groups in total. The van der Waals surface area contributed by atoms with E-state index in [2.05, 4.69) is 0 Å². The molecule has 0 amide bonds. The summed E-state index contributed by atoms with van der Waals surface area (Å²) in [7, 11) is 0. The van der Waals surface area contributed by atoms with Gasteiger partial charge in [0.2, 0.25) is 5.78 Å². The van der Waals surface area contributed by atoms with Gasteiger partial charge in [-0.05, 0) is 31.2 Å². The molecule has 0 spiro atoms. The number of aryl methyl sites for hydroxylation is 1. The van der Waals surface area contributed by atoms with E-state index in [1.807, 2.05) is 13.0 Å². The maximum absolute atomic E-state index is 12.0. The smallest absolute Gasteiger partial charge is 0.269 e. The second-order valence-electron chi connectivity index (χ2n) is 3.54. The van der Waals surface area contributed by atoms with Gasteiger partial charge in [-0.2, -0.15) is 0 Å². The Balaban J connectivity index is 2.29. The largest absolute Gasteiger partial charge is 0.288 e. The van der Waals surface area contributed by atoms with Crippen molar-refractivity contribution in [2.45, 2.75) is 6.92 Å². The fourth-order valence-corrected chi connectivity index (χ4v) is 2.26. The van der Waals surface area contributed by atoms with Crippen molar-refractivity contribution in [1.29, 1.82) is 0 Å². The number of non-ortho nitro benzene ring substituents is 1. The number of hydrogen-bond acceptors (Lipinski definition) is 4. The Bertz CT molecular complexity index is 572. The lowest BCUT2D eigenvalue weighted by atomic mass is 10.1. The maximum Gasteiger partial charge on any atom is 0.269 e. The average molecular weight is 247 g/mol. The molecule has 0 aliphatic heterocycles. The topological polar surface area (TPSA) is 60.2 Å². The molecule has 0 radical (unpaired) electrons. The Morgan fingerprint density at radius 1 is 1.18 bits per heavy atom. The monoisotopic (exact) mass is 247 g/mol. The number of nitro benzene ring substituents is 1. The molecule has 2 aromatic rings. The van der Waals surface area contributed by atoms with E-state index in [0.717, 1.165) is 4.88 Å².